The van der Waals surface area contributed by atoms with Gasteiger partial charge in [-0.15, -0.1) is 0 Å². The molecule has 0 amide bonds. The summed E-state index contributed by atoms with van der Waals surface area (Å²) in [4.78, 5) is 0. The van der Waals surface area contributed by atoms with Gasteiger partial charge in [0.15, 0.2) is 16.6 Å². The minimum atomic E-state index is -2.02. The second kappa shape index (κ2) is 12.5. The van der Waals surface area contributed by atoms with Gasteiger partial charge in [-0.05, 0) is 117 Å². The van der Waals surface area contributed by atoms with Gasteiger partial charge in [0.25, 0.3) is 0 Å². The standard InChI is InChI=1S/C40H72O3Si2/c1-16-40(41,17-2)25-22-28(3)32-20-21-33-31-19-18-29-26-30(42-44(12,13)36(4,5)6)27-35(43-45(14,15)37(7,8)9)39(29,11)34(31)23-24-38(32,33)10/h18-20,28,30,33-35,41H,16-17,21-27H2,1-15H3/t28?,30-,33+,34+,35+,38-,39+/m1/s1. The van der Waals surface area contributed by atoms with Crippen LogP contribution in [0.1, 0.15) is 134 Å². The zero-order valence-electron chi connectivity index (χ0n) is 32.2. The number of hydrogen-bond acceptors (Lipinski definition) is 3. The Labute approximate surface area is 281 Å². The molecule has 5 heteroatoms. The first kappa shape index (κ1) is 37.4. The molecule has 0 heterocycles. The Balaban J connectivity index is 1.66. The molecule has 0 aromatic rings. The van der Waals surface area contributed by atoms with Crippen molar-refractivity contribution in [3.05, 3.63) is 34.9 Å². The molecule has 0 aliphatic heterocycles. The van der Waals surface area contributed by atoms with Gasteiger partial charge in [-0.25, -0.2) is 0 Å². The summed E-state index contributed by atoms with van der Waals surface area (Å²) in [6.07, 6.45) is 17.5. The molecule has 2 fully saturated rings. The van der Waals surface area contributed by atoms with Crippen LogP contribution in [-0.2, 0) is 8.85 Å². The lowest BCUT2D eigenvalue weighted by Gasteiger charge is -2.59. The Bertz CT molecular complexity index is 1180. The van der Waals surface area contributed by atoms with E-state index in [9.17, 15) is 5.11 Å². The van der Waals surface area contributed by atoms with E-state index in [1.54, 1.807) is 16.7 Å². The molecule has 258 valence electrons. The third-order valence-electron chi connectivity index (χ3n) is 14.6. The molecule has 4 aliphatic carbocycles. The first-order chi connectivity index (χ1) is 20.5. The summed E-state index contributed by atoms with van der Waals surface area (Å²) in [6.45, 7) is 35.8. The molecule has 0 aromatic heterocycles. The Morgan fingerprint density at radius 2 is 1.49 bits per heavy atom. The van der Waals surface area contributed by atoms with Crippen LogP contribution in [-0.4, -0.2) is 39.6 Å². The maximum atomic E-state index is 11.0. The monoisotopic (exact) mass is 657 g/mol. The Hall–Kier alpha value is -0.466. The molecular weight excluding hydrogens is 585 g/mol. The van der Waals surface area contributed by atoms with Crippen molar-refractivity contribution < 1.29 is 14.0 Å². The molecule has 0 radical (unpaired) electrons. The average molecular weight is 657 g/mol. The molecule has 1 N–H and O–H groups in total. The molecule has 45 heavy (non-hydrogen) atoms. The lowest BCUT2D eigenvalue weighted by molar-refractivity contribution is -0.0390. The average Bonchev–Trinajstić information content (AvgIpc) is 3.28. The topological polar surface area (TPSA) is 38.7 Å². The number of fused-ring (bicyclic) bond motifs is 5. The van der Waals surface area contributed by atoms with Gasteiger partial charge < -0.3 is 14.0 Å². The smallest absolute Gasteiger partial charge is 0.192 e. The fourth-order valence-corrected chi connectivity index (χ4v) is 11.8. The van der Waals surface area contributed by atoms with Crippen molar-refractivity contribution in [3.63, 3.8) is 0 Å². The van der Waals surface area contributed by atoms with Gasteiger partial charge in [0.05, 0.1) is 17.8 Å². The summed E-state index contributed by atoms with van der Waals surface area (Å²) in [6, 6.07) is 0. The summed E-state index contributed by atoms with van der Waals surface area (Å²) >= 11 is 0. The van der Waals surface area contributed by atoms with Crippen LogP contribution in [0.25, 0.3) is 0 Å². The summed E-state index contributed by atoms with van der Waals surface area (Å²) in [5.74, 6) is 1.63. The van der Waals surface area contributed by atoms with E-state index < -0.39 is 22.2 Å². The maximum Gasteiger partial charge on any atom is 0.192 e. The summed E-state index contributed by atoms with van der Waals surface area (Å²) in [5, 5.41) is 11.4. The fourth-order valence-electron chi connectivity index (χ4n) is 9.02. The lowest BCUT2D eigenvalue weighted by atomic mass is 9.49. The minimum Gasteiger partial charge on any atom is -0.414 e. The molecule has 0 saturated heterocycles. The largest absolute Gasteiger partial charge is 0.414 e. The molecule has 0 aromatic carbocycles. The summed E-state index contributed by atoms with van der Waals surface area (Å²) in [7, 11) is -3.93. The third-order valence-corrected chi connectivity index (χ3v) is 23.7. The highest BCUT2D eigenvalue weighted by molar-refractivity contribution is 6.74. The van der Waals surface area contributed by atoms with E-state index in [2.05, 4.69) is 121 Å². The third kappa shape index (κ3) is 6.74. The Kier molecular flexibility index (Phi) is 10.3. The van der Waals surface area contributed by atoms with Gasteiger partial charge in [0.2, 0.25) is 0 Å². The van der Waals surface area contributed by atoms with Crippen molar-refractivity contribution in [2.45, 2.75) is 188 Å². The van der Waals surface area contributed by atoms with Crippen LogP contribution in [0.5, 0.6) is 0 Å². The SMILES string of the molecule is CCC(O)(CC)CCC(C)C1=CC[C@H]2C3=CC=C4C[C@@H](O[Si](C)(C)C(C)(C)C)C[C@H](O[Si](C)(C)C(C)(C)C)[C@]4(C)[C@H]3CC[C@]12C. The molecule has 0 bridgehead atoms. The molecule has 4 aliphatic rings. The van der Waals surface area contributed by atoms with E-state index in [0.717, 1.165) is 44.9 Å². The molecular formula is C40H72O3Si2. The fraction of sp³-hybridized carbons (Fsp3) is 0.850. The first-order valence-corrected chi connectivity index (χ1v) is 24.5. The van der Waals surface area contributed by atoms with E-state index in [1.165, 1.54) is 12.8 Å². The van der Waals surface area contributed by atoms with Gasteiger partial charge in [-0.2, -0.15) is 0 Å². The van der Waals surface area contributed by atoms with Crippen molar-refractivity contribution in [1.82, 2.24) is 0 Å². The Morgan fingerprint density at radius 3 is 2.04 bits per heavy atom. The number of allylic oxidation sites excluding steroid dienone is 5. The molecule has 0 spiro atoms. The normalized spacial score (nSPS) is 33.5. The molecule has 1 unspecified atom stereocenters. The zero-order chi connectivity index (χ0) is 34.0. The van der Waals surface area contributed by atoms with Gasteiger partial charge in [0.1, 0.15) is 0 Å². The van der Waals surface area contributed by atoms with Crippen molar-refractivity contribution in [2.75, 3.05) is 0 Å². The molecule has 2 saturated carbocycles. The van der Waals surface area contributed by atoms with Crippen LogP contribution in [0.3, 0.4) is 0 Å². The van der Waals surface area contributed by atoms with E-state index in [0.29, 0.717) is 17.8 Å². The summed E-state index contributed by atoms with van der Waals surface area (Å²) < 4.78 is 14.7. The van der Waals surface area contributed by atoms with Crippen LogP contribution in [0.15, 0.2) is 34.9 Å². The number of aliphatic hydroxyl groups is 1. The van der Waals surface area contributed by atoms with E-state index in [4.69, 9.17) is 8.85 Å². The van der Waals surface area contributed by atoms with Crippen molar-refractivity contribution >= 4 is 16.6 Å². The van der Waals surface area contributed by atoms with E-state index in [1.807, 2.05) is 0 Å². The predicted molar refractivity (Wildman–Crippen MR) is 199 cm³/mol. The molecule has 4 rings (SSSR count). The predicted octanol–water partition coefficient (Wildman–Crippen LogP) is 11.8. The van der Waals surface area contributed by atoms with Crippen LogP contribution in [0.2, 0.25) is 36.3 Å². The van der Waals surface area contributed by atoms with Gasteiger partial charge in [-0.1, -0.05) is 111 Å². The van der Waals surface area contributed by atoms with Crippen LogP contribution in [0, 0.1) is 28.6 Å². The quantitative estimate of drug-likeness (QED) is 0.188. The molecule has 3 nitrogen and oxygen atoms in total. The van der Waals surface area contributed by atoms with Crippen LogP contribution >= 0.6 is 0 Å². The van der Waals surface area contributed by atoms with Crippen LogP contribution < -0.4 is 0 Å². The number of rotatable bonds is 10. The lowest BCUT2D eigenvalue weighted by Crippen LogP contribution is -2.58. The Morgan fingerprint density at radius 1 is 0.911 bits per heavy atom. The van der Waals surface area contributed by atoms with E-state index in [-0.39, 0.29) is 33.1 Å². The van der Waals surface area contributed by atoms with E-state index >= 15 is 0 Å². The highest BCUT2D eigenvalue weighted by atomic mass is 28.4. The van der Waals surface area contributed by atoms with Gasteiger partial charge in [0, 0.05) is 5.41 Å². The van der Waals surface area contributed by atoms with Crippen molar-refractivity contribution in [1.29, 1.82) is 0 Å². The van der Waals surface area contributed by atoms with Crippen molar-refractivity contribution in [3.8, 4) is 0 Å². The zero-order valence-corrected chi connectivity index (χ0v) is 34.2. The van der Waals surface area contributed by atoms with Gasteiger partial charge in [-0.3, -0.25) is 0 Å². The highest BCUT2D eigenvalue weighted by Gasteiger charge is 2.59. The van der Waals surface area contributed by atoms with Gasteiger partial charge >= 0.3 is 0 Å². The maximum absolute atomic E-state index is 11.0. The first-order valence-electron chi connectivity index (χ1n) is 18.7. The number of hydrogen-bond donors (Lipinski definition) is 1. The minimum absolute atomic E-state index is 0.0152. The van der Waals surface area contributed by atoms with Crippen LogP contribution in [0.4, 0.5) is 0 Å². The van der Waals surface area contributed by atoms with Crippen molar-refractivity contribution in [2.24, 2.45) is 28.6 Å². The highest BCUT2D eigenvalue weighted by Crippen LogP contribution is 2.65. The summed E-state index contributed by atoms with van der Waals surface area (Å²) in [5.41, 5.74) is 4.66. The second-order valence-electron chi connectivity index (χ2n) is 19.3. The second-order valence-corrected chi connectivity index (χ2v) is 28.8. The molecule has 7 atom stereocenters.